The number of aromatic nitrogens is 2. The van der Waals surface area contributed by atoms with Crippen molar-refractivity contribution in [2.75, 3.05) is 16.8 Å². The van der Waals surface area contributed by atoms with E-state index in [-0.39, 0.29) is 29.5 Å². The number of anilines is 3. The van der Waals surface area contributed by atoms with Crippen molar-refractivity contribution < 1.29 is 14.5 Å². The van der Waals surface area contributed by atoms with Gasteiger partial charge in [0.15, 0.2) is 0 Å². The van der Waals surface area contributed by atoms with Crippen molar-refractivity contribution in [2.24, 2.45) is 0 Å². The van der Waals surface area contributed by atoms with Gasteiger partial charge in [-0.2, -0.15) is 0 Å². The maximum atomic E-state index is 12.4. The van der Waals surface area contributed by atoms with E-state index in [2.05, 4.69) is 15.3 Å². The number of ether oxygens (including phenoxy) is 1. The van der Waals surface area contributed by atoms with Crippen LogP contribution in [0.15, 0.2) is 91.3 Å². The molecule has 9 nitrogen and oxygen atoms in total. The van der Waals surface area contributed by atoms with Gasteiger partial charge in [-0.05, 0) is 30.2 Å². The Labute approximate surface area is 208 Å². The third-order valence-electron chi connectivity index (χ3n) is 5.39. The number of nitrogens with one attached hydrogen (secondary N) is 1. The predicted molar refractivity (Wildman–Crippen MR) is 137 cm³/mol. The third kappa shape index (κ3) is 5.82. The monoisotopic (exact) mass is 483 g/mol. The Morgan fingerprint density at radius 3 is 2.08 bits per heavy atom. The summed E-state index contributed by atoms with van der Waals surface area (Å²) in [6, 6.07) is 26.0. The third-order valence-corrected chi connectivity index (χ3v) is 5.39. The maximum absolute atomic E-state index is 12.4. The van der Waals surface area contributed by atoms with Crippen molar-refractivity contribution in [3.8, 4) is 0 Å². The lowest BCUT2D eigenvalue weighted by Gasteiger charge is -2.24. The number of benzene rings is 3. The second-order valence-corrected chi connectivity index (χ2v) is 7.87. The molecule has 0 bridgehead atoms. The van der Waals surface area contributed by atoms with Crippen LogP contribution in [0.3, 0.4) is 0 Å². The number of nitrogens with zero attached hydrogens (tertiary/aromatic N) is 4. The van der Waals surface area contributed by atoms with E-state index < -0.39 is 10.9 Å². The minimum atomic E-state index is -0.535. The van der Waals surface area contributed by atoms with Crippen molar-refractivity contribution in [1.29, 1.82) is 0 Å². The normalized spacial score (nSPS) is 10.5. The van der Waals surface area contributed by atoms with Gasteiger partial charge in [0.1, 0.15) is 6.33 Å². The van der Waals surface area contributed by atoms with E-state index in [1.807, 2.05) is 65.6 Å². The number of carbonyl (C=O) groups is 1. The van der Waals surface area contributed by atoms with Crippen LogP contribution in [0.2, 0.25) is 0 Å². The molecule has 0 atom stereocenters. The van der Waals surface area contributed by atoms with Crippen molar-refractivity contribution in [2.45, 2.75) is 20.0 Å². The van der Waals surface area contributed by atoms with Gasteiger partial charge < -0.3 is 15.0 Å². The SMILES string of the molecule is CCOC(=O)c1ccccc1Nc1ncnc(N(Cc2ccccc2)Cc2ccccc2)c1[N+](=O)[O-]. The highest BCUT2D eigenvalue weighted by molar-refractivity contribution is 5.96. The highest BCUT2D eigenvalue weighted by Crippen LogP contribution is 2.35. The predicted octanol–water partition coefficient (Wildman–Crippen LogP) is 5.51. The van der Waals surface area contributed by atoms with E-state index in [9.17, 15) is 14.9 Å². The molecular formula is C27H25N5O4. The fourth-order valence-electron chi connectivity index (χ4n) is 3.78. The molecule has 3 aromatic carbocycles. The van der Waals surface area contributed by atoms with Gasteiger partial charge in [0.05, 0.1) is 22.8 Å². The van der Waals surface area contributed by atoms with E-state index in [4.69, 9.17) is 4.74 Å². The average Bonchev–Trinajstić information content (AvgIpc) is 2.90. The molecule has 182 valence electrons. The summed E-state index contributed by atoms with van der Waals surface area (Å²) in [4.78, 5) is 34.6. The molecule has 4 aromatic rings. The molecule has 0 aliphatic rings. The summed E-state index contributed by atoms with van der Waals surface area (Å²) in [6.07, 6.45) is 1.28. The van der Waals surface area contributed by atoms with Crippen LogP contribution in [0.1, 0.15) is 28.4 Å². The van der Waals surface area contributed by atoms with Crippen molar-refractivity contribution >= 4 is 29.0 Å². The van der Waals surface area contributed by atoms with Gasteiger partial charge in [-0.25, -0.2) is 14.8 Å². The molecule has 1 heterocycles. The van der Waals surface area contributed by atoms with Crippen LogP contribution < -0.4 is 10.2 Å². The first-order chi connectivity index (χ1) is 17.6. The molecule has 0 aliphatic carbocycles. The molecule has 0 unspecified atom stereocenters. The van der Waals surface area contributed by atoms with Gasteiger partial charge in [0.2, 0.25) is 11.6 Å². The van der Waals surface area contributed by atoms with Crippen LogP contribution in [0.25, 0.3) is 0 Å². The Morgan fingerprint density at radius 1 is 0.917 bits per heavy atom. The van der Waals surface area contributed by atoms with E-state index in [0.717, 1.165) is 11.1 Å². The van der Waals surface area contributed by atoms with Crippen LogP contribution in [0.4, 0.5) is 23.0 Å². The number of carbonyl (C=O) groups excluding carboxylic acids is 1. The molecule has 9 heteroatoms. The first kappa shape index (κ1) is 24.3. The Kier molecular flexibility index (Phi) is 7.82. The smallest absolute Gasteiger partial charge is 0.353 e. The Morgan fingerprint density at radius 2 is 1.50 bits per heavy atom. The fourth-order valence-corrected chi connectivity index (χ4v) is 3.78. The summed E-state index contributed by atoms with van der Waals surface area (Å²) < 4.78 is 5.12. The first-order valence-corrected chi connectivity index (χ1v) is 11.4. The number of rotatable bonds is 10. The number of para-hydroxylation sites is 1. The molecular weight excluding hydrogens is 458 g/mol. The van der Waals surface area contributed by atoms with Crippen LogP contribution in [0, 0.1) is 10.1 Å². The van der Waals surface area contributed by atoms with Crippen LogP contribution in [-0.2, 0) is 17.8 Å². The van der Waals surface area contributed by atoms with E-state index in [1.54, 1.807) is 31.2 Å². The zero-order valence-corrected chi connectivity index (χ0v) is 19.7. The second-order valence-electron chi connectivity index (χ2n) is 7.87. The number of esters is 1. The standard InChI is InChI=1S/C27H25N5O4/c1-2-36-27(33)22-15-9-10-16-23(22)30-25-24(32(34)35)26(29-19-28-25)31(17-20-11-5-3-6-12-20)18-21-13-7-4-8-14-21/h3-16,19H,2,17-18H2,1H3,(H,28,29,30). The average molecular weight is 484 g/mol. The highest BCUT2D eigenvalue weighted by atomic mass is 16.6. The summed E-state index contributed by atoms with van der Waals surface area (Å²) in [7, 11) is 0. The lowest BCUT2D eigenvalue weighted by atomic mass is 10.1. The summed E-state index contributed by atoms with van der Waals surface area (Å²) in [6.45, 7) is 2.71. The van der Waals surface area contributed by atoms with E-state index >= 15 is 0 Å². The van der Waals surface area contributed by atoms with Crippen molar-refractivity contribution in [1.82, 2.24) is 9.97 Å². The molecule has 0 saturated heterocycles. The minimum Gasteiger partial charge on any atom is -0.462 e. The molecule has 0 radical (unpaired) electrons. The molecule has 4 rings (SSSR count). The molecule has 0 saturated carbocycles. The quantitative estimate of drug-likeness (QED) is 0.179. The highest BCUT2D eigenvalue weighted by Gasteiger charge is 2.28. The van der Waals surface area contributed by atoms with E-state index in [1.165, 1.54) is 6.33 Å². The molecule has 0 amide bonds. The van der Waals surface area contributed by atoms with Gasteiger partial charge >= 0.3 is 11.7 Å². The maximum Gasteiger partial charge on any atom is 0.353 e. The number of hydrogen-bond donors (Lipinski definition) is 1. The Balaban J connectivity index is 1.76. The Hall–Kier alpha value is -4.79. The van der Waals surface area contributed by atoms with Crippen molar-refractivity contribution in [3.05, 3.63) is 118 Å². The lowest BCUT2D eigenvalue weighted by Crippen LogP contribution is -2.24. The molecule has 0 fully saturated rings. The van der Waals surface area contributed by atoms with Crippen molar-refractivity contribution in [3.63, 3.8) is 0 Å². The fraction of sp³-hybridized carbons (Fsp3) is 0.148. The molecule has 0 spiro atoms. The van der Waals surface area contributed by atoms with Crippen LogP contribution >= 0.6 is 0 Å². The minimum absolute atomic E-state index is 0.0205. The van der Waals surface area contributed by atoms with Gasteiger partial charge in [-0.15, -0.1) is 0 Å². The molecule has 0 aliphatic heterocycles. The van der Waals surface area contributed by atoms with Gasteiger partial charge in [0.25, 0.3) is 0 Å². The second kappa shape index (κ2) is 11.6. The lowest BCUT2D eigenvalue weighted by molar-refractivity contribution is -0.383. The summed E-state index contributed by atoms with van der Waals surface area (Å²) in [5.74, 6) is -0.390. The summed E-state index contributed by atoms with van der Waals surface area (Å²) >= 11 is 0. The van der Waals surface area contributed by atoms with Gasteiger partial charge in [0, 0.05) is 13.1 Å². The number of nitro groups is 1. The topological polar surface area (TPSA) is 110 Å². The number of hydrogen-bond acceptors (Lipinski definition) is 8. The van der Waals surface area contributed by atoms with Gasteiger partial charge in [-0.1, -0.05) is 72.8 Å². The zero-order valence-electron chi connectivity index (χ0n) is 19.7. The summed E-state index contributed by atoms with van der Waals surface area (Å²) in [5.41, 5.74) is 2.26. The summed E-state index contributed by atoms with van der Waals surface area (Å²) in [5, 5.41) is 15.3. The Bertz CT molecular complexity index is 1290. The zero-order chi connectivity index (χ0) is 25.3. The first-order valence-electron chi connectivity index (χ1n) is 11.4. The molecule has 36 heavy (non-hydrogen) atoms. The molecule has 1 N–H and O–H groups in total. The molecule has 1 aromatic heterocycles. The van der Waals surface area contributed by atoms with E-state index in [0.29, 0.717) is 18.8 Å². The van der Waals surface area contributed by atoms with Gasteiger partial charge in [-0.3, -0.25) is 10.1 Å². The van der Waals surface area contributed by atoms with Crippen LogP contribution in [-0.4, -0.2) is 27.5 Å². The largest absolute Gasteiger partial charge is 0.462 e. The van der Waals surface area contributed by atoms with Crippen LogP contribution in [0.5, 0.6) is 0 Å².